The van der Waals surface area contributed by atoms with Crippen molar-refractivity contribution >= 4 is 15.7 Å². The molecule has 2 aromatic rings. The molecule has 132 valence electrons. The predicted molar refractivity (Wildman–Crippen MR) is 93.8 cm³/mol. The lowest BCUT2D eigenvalue weighted by molar-refractivity contribution is 0.0706. The van der Waals surface area contributed by atoms with Crippen LogP contribution in [-0.4, -0.2) is 58.3 Å². The number of hydrogen-bond donors (Lipinski definition) is 0. The maximum atomic E-state index is 12.9. The van der Waals surface area contributed by atoms with Gasteiger partial charge in [0.2, 0.25) is 0 Å². The second-order valence-corrected chi connectivity index (χ2v) is 8.31. The van der Waals surface area contributed by atoms with Crippen LogP contribution in [0.4, 0.5) is 0 Å². The van der Waals surface area contributed by atoms with Crippen LogP contribution in [0.1, 0.15) is 29.4 Å². The summed E-state index contributed by atoms with van der Waals surface area (Å²) in [6.45, 7) is 4.06. The minimum absolute atomic E-state index is 0.0280. The van der Waals surface area contributed by atoms with Crippen LogP contribution in [0.25, 0.3) is 11.4 Å². The molecule has 3 rings (SSSR count). The minimum Gasteiger partial charge on any atom is -0.335 e. The van der Waals surface area contributed by atoms with Gasteiger partial charge in [0.1, 0.15) is 0 Å². The number of rotatable bonds is 4. The Hall–Kier alpha value is -2.35. The lowest BCUT2D eigenvalue weighted by atomic mass is 10.1. The van der Waals surface area contributed by atoms with Crippen LogP contribution in [0.15, 0.2) is 30.7 Å². The van der Waals surface area contributed by atoms with E-state index >= 15 is 0 Å². The molecule has 0 N–H and O–H groups in total. The molecule has 1 fully saturated rings. The van der Waals surface area contributed by atoms with Crippen LogP contribution < -0.4 is 0 Å². The maximum absolute atomic E-state index is 12.9. The number of carbonyl (C=O) groups is 1. The van der Waals surface area contributed by atoms with E-state index in [0.29, 0.717) is 30.0 Å². The van der Waals surface area contributed by atoms with Crippen molar-refractivity contribution in [1.29, 1.82) is 0 Å². The van der Waals surface area contributed by atoms with Gasteiger partial charge < -0.3 is 4.90 Å². The van der Waals surface area contributed by atoms with Gasteiger partial charge in [-0.1, -0.05) is 0 Å². The van der Waals surface area contributed by atoms with Crippen molar-refractivity contribution in [2.75, 3.05) is 18.1 Å². The average molecular weight is 360 g/mol. The van der Waals surface area contributed by atoms with E-state index in [-0.39, 0.29) is 23.5 Å². The monoisotopic (exact) mass is 360 g/mol. The summed E-state index contributed by atoms with van der Waals surface area (Å²) in [6, 6.07) is 3.37. The Bertz CT molecular complexity index is 884. The highest BCUT2D eigenvalue weighted by Crippen LogP contribution is 2.21. The third kappa shape index (κ3) is 3.68. The SMILES string of the molecule is CCN(C(=O)c1cnc(-c2cccnc2)nc1C)C1CCS(=O)(=O)C1. The molecule has 0 bridgehead atoms. The number of carbonyl (C=O) groups excluding carboxylic acids is 1. The number of amides is 1. The van der Waals surface area contributed by atoms with Crippen LogP contribution in [0.5, 0.6) is 0 Å². The van der Waals surface area contributed by atoms with Crippen molar-refractivity contribution in [3.8, 4) is 11.4 Å². The van der Waals surface area contributed by atoms with Crippen molar-refractivity contribution in [3.63, 3.8) is 0 Å². The van der Waals surface area contributed by atoms with Crippen molar-refractivity contribution < 1.29 is 13.2 Å². The van der Waals surface area contributed by atoms with E-state index in [1.165, 1.54) is 6.20 Å². The molecule has 1 aliphatic rings. The zero-order chi connectivity index (χ0) is 18.0. The number of aryl methyl sites for hydroxylation is 1. The average Bonchev–Trinajstić information content (AvgIpc) is 2.95. The molecule has 2 aromatic heterocycles. The van der Waals surface area contributed by atoms with Crippen LogP contribution in [-0.2, 0) is 9.84 Å². The van der Waals surface area contributed by atoms with Crippen LogP contribution in [0.3, 0.4) is 0 Å². The summed E-state index contributed by atoms with van der Waals surface area (Å²) in [5.74, 6) is 0.449. The second kappa shape index (κ2) is 6.87. The largest absolute Gasteiger partial charge is 0.335 e. The molecule has 0 saturated carbocycles. The number of aromatic nitrogens is 3. The molecule has 1 amide bonds. The number of hydrogen-bond acceptors (Lipinski definition) is 6. The summed E-state index contributed by atoms with van der Waals surface area (Å²) >= 11 is 0. The number of pyridine rings is 1. The van der Waals surface area contributed by atoms with Gasteiger partial charge in [0, 0.05) is 36.7 Å². The fourth-order valence-corrected chi connectivity index (χ4v) is 4.79. The quantitative estimate of drug-likeness (QED) is 0.820. The number of nitrogens with zero attached hydrogens (tertiary/aromatic N) is 4. The summed E-state index contributed by atoms with van der Waals surface area (Å²) < 4.78 is 23.4. The highest BCUT2D eigenvalue weighted by Gasteiger charge is 2.34. The third-order valence-corrected chi connectivity index (χ3v) is 6.13. The lowest BCUT2D eigenvalue weighted by Crippen LogP contribution is -2.41. The zero-order valence-corrected chi connectivity index (χ0v) is 15.0. The lowest BCUT2D eigenvalue weighted by Gasteiger charge is -2.27. The van der Waals surface area contributed by atoms with E-state index in [4.69, 9.17) is 0 Å². The number of sulfone groups is 1. The van der Waals surface area contributed by atoms with Gasteiger partial charge in [-0.25, -0.2) is 18.4 Å². The maximum Gasteiger partial charge on any atom is 0.257 e. The molecule has 8 heteroatoms. The van der Waals surface area contributed by atoms with E-state index in [0.717, 1.165) is 5.56 Å². The Kier molecular flexibility index (Phi) is 4.80. The normalized spacial score (nSPS) is 18.9. The first-order valence-corrected chi connectivity index (χ1v) is 9.99. The van der Waals surface area contributed by atoms with Crippen molar-refractivity contribution in [2.45, 2.75) is 26.3 Å². The molecule has 1 unspecified atom stereocenters. The molecule has 1 aliphatic heterocycles. The van der Waals surface area contributed by atoms with Gasteiger partial charge in [-0.05, 0) is 32.4 Å². The van der Waals surface area contributed by atoms with E-state index in [9.17, 15) is 13.2 Å². The molecule has 0 spiro atoms. The third-order valence-electron chi connectivity index (χ3n) is 4.38. The van der Waals surface area contributed by atoms with Gasteiger partial charge in [-0.2, -0.15) is 0 Å². The Labute approximate surface area is 147 Å². The van der Waals surface area contributed by atoms with Crippen molar-refractivity contribution in [1.82, 2.24) is 19.9 Å². The van der Waals surface area contributed by atoms with E-state index in [1.54, 1.807) is 30.3 Å². The van der Waals surface area contributed by atoms with Gasteiger partial charge in [-0.15, -0.1) is 0 Å². The summed E-state index contributed by atoms with van der Waals surface area (Å²) in [5, 5.41) is 0. The van der Waals surface area contributed by atoms with Crippen molar-refractivity contribution in [2.24, 2.45) is 0 Å². The molecule has 0 aliphatic carbocycles. The summed E-state index contributed by atoms with van der Waals surface area (Å²) in [5.41, 5.74) is 1.75. The fraction of sp³-hybridized carbons (Fsp3) is 0.412. The van der Waals surface area contributed by atoms with Gasteiger partial charge >= 0.3 is 0 Å². The van der Waals surface area contributed by atoms with E-state index in [2.05, 4.69) is 15.0 Å². The molecular formula is C17H20N4O3S. The van der Waals surface area contributed by atoms with Gasteiger partial charge in [0.15, 0.2) is 15.7 Å². The topological polar surface area (TPSA) is 93.1 Å². The summed E-state index contributed by atoms with van der Waals surface area (Å²) in [4.78, 5) is 27.2. The molecule has 25 heavy (non-hydrogen) atoms. The first-order chi connectivity index (χ1) is 11.9. The molecule has 7 nitrogen and oxygen atoms in total. The summed E-state index contributed by atoms with van der Waals surface area (Å²) in [7, 11) is -3.05. The second-order valence-electron chi connectivity index (χ2n) is 6.08. The Morgan fingerprint density at radius 1 is 1.36 bits per heavy atom. The van der Waals surface area contributed by atoms with E-state index in [1.807, 2.05) is 13.0 Å². The fourth-order valence-electron chi connectivity index (χ4n) is 3.05. The molecule has 1 atom stereocenters. The molecule has 1 saturated heterocycles. The van der Waals surface area contributed by atoms with Gasteiger partial charge in [0.05, 0.1) is 22.8 Å². The van der Waals surface area contributed by atoms with Crippen LogP contribution in [0.2, 0.25) is 0 Å². The first kappa shape index (κ1) is 17.5. The Morgan fingerprint density at radius 3 is 2.72 bits per heavy atom. The molecule has 0 radical (unpaired) electrons. The van der Waals surface area contributed by atoms with Crippen LogP contribution >= 0.6 is 0 Å². The zero-order valence-electron chi connectivity index (χ0n) is 14.2. The highest BCUT2D eigenvalue weighted by molar-refractivity contribution is 7.91. The molecular weight excluding hydrogens is 340 g/mol. The van der Waals surface area contributed by atoms with E-state index < -0.39 is 9.84 Å². The smallest absolute Gasteiger partial charge is 0.257 e. The predicted octanol–water partition coefficient (Wildman–Crippen LogP) is 1.50. The first-order valence-electron chi connectivity index (χ1n) is 8.16. The highest BCUT2D eigenvalue weighted by atomic mass is 32.2. The standard InChI is InChI=1S/C17H20N4O3S/c1-3-21(14-6-8-25(23,24)11-14)17(22)15-10-19-16(20-12(15)2)13-5-4-7-18-9-13/h4-5,7,9-10,14H,3,6,8,11H2,1-2H3. The van der Waals surface area contributed by atoms with Gasteiger partial charge in [-0.3, -0.25) is 9.78 Å². The Morgan fingerprint density at radius 2 is 2.16 bits per heavy atom. The molecule has 0 aromatic carbocycles. The van der Waals surface area contributed by atoms with Crippen molar-refractivity contribution in [3.05, 3.63) is 42.0 Å². The van der Waals surface area contributed by atoms with Crippen LogP contribution in [0, 0.1) is 6.92 Å². The molecule has 3 heterocycles. The Balaban J connectivity index is 1.86. The summed E-state index contributed by atoms with van der Waals surface area (Å²) in [6.07, 6.45) is 5.33. The van der Waals surface area contributed by atoms with Gasteiger partial charge in [0.25, 0.3) is 5.91 Å². The minimum atomic E-state index is -3.05.